The van der Waals surface area contributed by atoms with Gasteiger partial charge in [0, 0.05) is 0 Å². The number of nitrogens with two attached hydrogens (primary N) is 1. The van der Waals surface area contributed by atoms with E-state index < -0.39 is 23.4 Å². The third-order valence-corrected chi connectivity index (χ3v) is 2.78. The van der Waals surface area contributed by atoms with Crippen molar-refractivity contribution in [3.8, 4) is 0 Å². The van der Waals surface area contributed by atoms with Crippen LogP contribution in [-0.4, -0.2) is 28.6 Å². The number of aryl methyl sites for hydroxylation is 1. The van der Waals surface area contributed by atoms with Crippen molar-refractivity contribution >= 4 is 23.6 Å². The highest BCUT2D eigenvalue weighted by atomic mass is 16.4. The fraction of sp³-hybridized carbons (Fsp3) is 0.308. The summed E-state index contributed by atoms with van der Waals surface area (Å²) in [6, 6.07) is 3.92. The van der Waals surface area contributed by atoms with Crippen LogP contribution in [0.25, 0.3) is 0 Å². The number of carbonyl (C=O) groups is 3. The molecule has 0 aliphatic carbocycles. The number of amides is 3. The highest BCUT2D eigenvalue weighted by Gasteiger charge is 2.27. The molecule has 3 amide bonds. The lowest BCUT2D eigenvalue weighted by Gasteiger charge is -2.23. The van der Waals surface area contributed by atoms with Crippen LogP contribution in [0.1, 0.15) is 29.8 Å². The van der Waals surface area contributed by atoms with Gasteiger partial charge in [0.2, 0.25) is 5.91 Å². The summed E-state index contributed by atoms with van der Waals surface area (Å²) in [4.78, 5) is 34.1. The summed E-state index contributed by atoms with van der Waals surface area (Å²) >= 11 is 0. The number of rotatable bonds is 4. The third kappa shape index (κ3) is 3.47. The van der Waals surface area contributed by atoms with Gasteiger partial charge in [-0.3, -0.25) is 4.79 Å². The molecule has 0 aliphatic heterocycles. The molecule has 20 heavy (non-hydrogen) atoms. The summed E-state index contributed by atoms with van der Waals surface area (Å²) in [7, 11) is 0. The molecule has 0 aromatic heterocycles. The van der Waals surface area contributed by atoms with Gasteiger partial charge in [0.25, 0.3) is 0 Å². The minimum Gasteiger partial charge on any atom is -0.478 e. The smallest absolute Gasteiger partial charge is 0.337 e. The van der Waals surface area contributed by atoms with Crippen molar-refractivity contribution in [1.29, 1.82) is 0 Å². The van der Waals surface area contributed by atoms with Gasteiger partial charge in [0.05, 0.1) is 11.3 Å². The monoisotopic (exact) mass is 279 g/mol. The molecule has 5 N–H and O–H groups in total. The van der Waals surface area contributed by atoms with Gasteiger partial charge in [0.1, 0.15) is 5.54 Å². The summed E-state index contributed by atoms with van der Waals surface area (Å²) in [5.74, 6) is -1.85. The van der Waals surface area contributed by atoms with Crippen LogP contribution in [0.2, 0.25) is 0 Å². The van der Waals surface area contributed by atoms with E-state index in [9.17, 15) is 14.4 Å². The Morgan fingerprint density at radius 1 is 1.25 bits per heavy atom. The van der Waals surface area contributed by atoms with Gasteiger partial charge in [-0.1, -0.05) is 12.1 Å². The van der Waals surface area contributed by atoms with Gasteiger partial charge in [-0.2, -0.15) is 0 Å². The maximum absolute atomic E-state index is 11.8. The number of hydrogen-bond acceptors (Lipinski definition) is 3. The molecule has 1 aromatic rings. The molecular weight excluding hydrogens is 262 g/mol. The van der Waals surface area contributed by atoms with E-state index in [1.807, 2.05) is 0 Å². The lowest BCUT2D eigenvalue weighted by molar-refractivity contribution is -0.122. The highest BCUT2D eigenvalue weighted by Crippen LogP contribution is 2.20. The number of hydrogen-bond donors (Lipinski definition) is 4. The van der Waals surface area contributed by atoms with Crippen molar-refractivity contribution in [3.63, 3.8) is 0 Å². The minimum absolute atomic E-state index is 0.0305. The number of para-hydroxylation sites is 1. The molecule has 1 rings (SSSR count). The molecule has 0 atom stereocenters. The molecule has 0 saturated heterocycles. The normalized spacial score (nSPS) is 10.8. The molecule has 1 aromatic carbocycles. The first-order chi connectivity index (χ1) is 9.15. The van der Waals surface area contributed by atoms with Crippen LogP contribution >= 0.6 is 0 Å². The molecular formula is C13H17N3O4. The maximum Gasteiger partial charge on any atom is 0.337 e. The summed E-state index contributed by atoms with van der Waals surface area (Å²) in [5, 5.41) is 13.9. The number of carbonyl (C=O) groups excluding carboxylic acids is 2. The van der Waals surface area contributed by atoms with Crippen LogP contribution in [0.4, 0.5) is 10.5 Å². The Bertz CT molecular complexity index is 567. The van der Waals surface area contributed by atoms with E-state index in [2.05, 4.69) is 10.6 Å². The van der Waals surface area contributed by atoms with Crippen LogP contribution in [-0.2, 0) is 4.79 Å². The molecule has 0 saturated carbocycles. The Hall–Kier alpha value is -2.57. The van der Waals surface area contributed by atoms with Crippen LogP contribution in [0.3, 0.4) is 0 Å². The molecule has 7 heteroatoms. The highest BCUT2D eigenvalue weighted by molar-refractivity contribution is 6.02. The van der Waals surface area contributed by atoms with Gasteiger partial charge >= 0.3 is 12.0 Å². The molecule has 0 unspecified atom stereocenters. The number of primary amides is 1. The number of nitrogens with one attached hydrogen (secondary N) is 2. The predicted molar refractivity (Wildman–Crippen MR) is 73.6 cm³/mol. The zero-order valence-corrected chi connectivity index (χ0v) is 11.5. The quantitative estimate of drug-likeness (QED) is 0.658. The summed E-state index contributed by atoms with van der Waals surface area (Å²) in [6.07, 6.45) is 0. The average Bonchev–Trinajstić information content (AvgIpc) is 2.30. The van der Waals surface area contributed by atoms with Crippen LogP contribution < -0.4 is 16.4 Å². The van der Waals surface area contributed by atoms with Gasteiger partial charge < -0.3 is 21.5 Å². The zero-order valence-electron chi connectivity index (χ0n) is 11.5. The number of aromatic carboxylic acids is 1. The number of benzene rings is 1. The second kappa shape index (κ2) is 5.60. The van der Waals surface area contributed by atoms with Crippen LogP contribution in [0.15, 0.2) is 18.2 Å². The van der Waals surface area contributed by atoms with Gasteiger partial charge in [-0.05, 0) is 32.4 Å². The van der Waals surface area contributed by atoms with E-state index in [0.29, 0.717) is 5.56 Å². The Labute approximate surface area is 116 Å². The van der Waals surface area contributed by atoms with Crippen molar-refractivity contribution in [3.05, 3.63) is 29.3 Å². The lowest BCUT2D eigenvalue weighted by Crippen LogP contribution is -2.54. The first-order valence-corrected chi connectivity index (χ1v) is 5.87. The lowest BCUT2D eigenvalue weighted by atomic mass is 10.1. The van der Waals surface area contributed by atoms with Gasteiger partial charge in [0.15, 0.2) is 0 Å². The molecule has 0 radical (unpaired) electrons. The number of urea groups is 1. The number of carboxylic acid groups (broad SMARTS) is 1. The van der Waals surface area contributed by atoms with Crippen LogP contribution in [0, 0.1) is 6.92 Å². The fourth-order valence-electron chi connectivity index (χ4n) is 1.50. The Morgan fingerprint density at radius 2 is 1.85 bits per heavy atom. The standard InChI is InChI=1S/C13H17N3O4/c1-7-5-4-6-8(10(17)18)9(7)15-12(20)16-13(2,3)11(14)19/h4-6H,1-3H3,(H2,14,19)(H,17,18)(H2,15,16,20). The number of anilines is 1. The summed E-state index contributed by atoms with van der Waals surface area (Å²) in [6.45, 7) is 4.57. The summed E-state index contributed by atoms with van der Waals surface area (Å²) in [5.41, 5.74) is 4.65. The van der Waals surface area contributed by atoms with Gasteiger partial charge in [-0.25, -0.2) is 9.59 Å². The first kappa shape index (κ1) is 15.5. The van der Waals surface area contributed by atoms with Crippen molar-refractivity contribution in [1.82, 2.24) is 5.32 Å². The molecule has 0 bridgehead atoms. The first-order valence-electron chi connectivity index (χ1n) is 5.87. The second-order valence-electron chi connectivity index (χ2n) is 4.87. The summed E-state index contributed by atoms with van der Waals surface area (Å²) < 4.78 is 0. The molecule has 0 aliphatic rings. The second-order valence-corrected chi connectivity index (χ2v) is 4.87. The molecule has 0 heterocycles. The van der Waals surface area contributed by atoms with E-state index in [1.165, 1.54) is 19.9 Å². The van der Waals surface area contributed by atoms with Crippen molar-refractivity contribution in [2.75, 3.05) is 5.32 Å². The Balaban J connectivity index is 2.97. The predicted octanol–water partition coefficient (Wildman–Crippen LogP) is 1.08. The SMILES string of the molecule is Cc1cccc(C(=O)O)c1NC(=O)NC(C)(C)C(N)=O. The molecule has 108 valence electrons. The Kier molecular flexibility index (Phi) is 4.34. The van der Waals surface area contributed by atoms with Crippen molar-refractivity contribution < 1.29 is 19.5 Å². The fourth-order valence-corrected chi connectivity index (χ4v) is 1.50. The number of carboxylic acids is 1. The minimum atomic E-state index is -1.24. The van der Waals surface area contributed by atoms with E-state index in [-0.39, 0.29) is 11.3 Å². The van der Waals surface area contributed by atoms with E-state index in [1.54, 1.807) is 19.1 Å². The Morgan fingerprint density at radius 3 is 2.35 bits per heavy atom. The molecule has 7 nitrogen and oxygen atoms in total. The van der Waals surface area contributed by atoms with Crippen molar-refractivity contribution in [2.45, 2.75) is 26.3 Å². The topological polar surface area (TPSA) is 122 Å². The maximum atomic E-state index is 11.8. The van der Waals surface area contributed by atoms with E-state index in [4.69, 9.17) is 10.8 Å². The molecule has 0 fully saturated rings. The third-order valence-electron chi connectivity index (χ3n) is 2.78. The van der Waals surface area contributed by atoms with E-state index in [0.717, 1.165) is 0 Å². The van der Waals surface area contributed by atoms with Crippen molar-refractivity contribution in [2.24, 2.45) is 5.73 Å². The van der Waals surface area contributed by atoms with E-state index >= 15 is 0 Å². The van der Waals surface area contributed by atoms with Crippen LogP contribution in [0.5, 0.6) is 0 Å². The molecule has 0 spiro atoms. The zero-order chi connectivity index (χ0) is 15.5. The largest absolute Gasteiger partial charge is 0.478 e. The average molecular weight is 279 g/mol. The van der Waals surface area contributed by atoms with Gasteiger partial charge in [-0.15, -0.1) is 0 Å².